The average Bonchev–Trinajstić information content (AvgIpc) is 2.46. The van der Waals surface area contributed by atoms with Crippen LogP contribution in [0, 0.1) is 5.82 Å². The highest BCUT2D eigenvalue weighted by Crippen LogP contribution is 2.36. The van der Waals surface area contributed by atoms with E-state index in [9.17, 15) is 4.39 Å². The molecule has 0 aliphatic heterocycles. The molecule has 3 heteroatoms. The van der Waals surface area contributed by atoms with Gasteiger partial charge in [-0.25, -0.2) is 4.39 Å². The van der Waals surface area contributed by atoms with Crippen LogP contribution in [-0.2, 0) is 0 Å². The van der Waals surface area contributed by atoms with E-state index in [1.165, 1.54) is 38.0 Å². The van der Waals surface area contributed by atoms with Gasteiger partial charge in [-0.2, -0.15) is 0 Å². The second-order valence-corrected chi connectivity index (χ2v) is 5.67. The van der Waals surface area contributed by atoms with Gasteiger partial charge in [-0.3, -0.25) is 0 Å². The Labute approximate surface area is 124 Å². The van der Waals surface area contributed by atoms with E-state index in [-0.39, 0.29) is 17.6 Å². The van der Waals surface area contributed by atoms with Crippen LogP contribution in [0.1, 0.15) is 47.9 Å². The maximum Gasteiger partial charge on any atom is 0.165 e. The smallest absolute Gasteiger partial charge is 0.165 e. The van der Waals surface area contributed by atoms with Crippen molar-refractivity contribution in [2.24, 2.45) is 5.73 Å². The van der Waals surface area contributed by atoms with Crippen molar-refractivity contribution in [2.75, 3.05) is 7.11 Å². The Kier molecular flexibility index (Phi) is 3.93. The lowest BCUT2D eigenvalue weighted by Crippen LogP contribution is -2.13. The van der Waals surface area contributed by atoms with Crippen LogP contribution in [0.5, 0.6) is 5.75 Å². The summed E-state index contributed by atoms with van der Waals surface area (Å²) in [6, 6.07) is 13.0. The van der Waals surface area contributed by atoms with Gasteiger partial charge in [-0.15, -0.1) is 0 Å². The van der Waals surface area contributed by atoms with Gasteiger partial charge in [0, 0.05) is 0 Å². The molecule has 0 saturated heterocycles. The first-order valence-electron chi connectivity index (χ1n) is 7.38. The zero-order chi connectivity index (χ0) is 14.8. The molecule has 0 heterocycles. The van der Waals surface area contributed by atoms with Gasteiger partial charge in [0.2, 0.25) is 0 Å². The molecule has 2 N–H and O–H groups in total. The number of methoxy groups -OCH3 is 1. The summed E-state index contributed by atoms with van der Waals surface area (Å²) in [5.74, 6) is 0.587. The lowest BCUT2D eigenvalue weighted by atomic mass is 9.79. The molecule has 1 saturated carbocycles. The Morgan fingerprint density at radius 1 is 1.10 bits per heavy atom. The highest BCUT2D eigenvalue weighted by Gasteiger charge is 2.19. The molecule has 2 aromatic carbocycles. The monoisotopic (exact) mass is 285 g/mol. The van der Waals surface area contributed by atoms with Crippen LogP contribution in [0.2, 0.25) is 0 Å². The van der Waals surface area contributed by atoms with Gasteiger partial charge in [0.25, 0.3) is 0 Å². The minimum absolute atomic E-state index is 0.231. The number of ether oxygens (including phenoxy) is 1. The summed E-state index contributed by atoms with van der Waals surface area (Å²) >= 11 is 0. The maximum atomic E-state index is 13.5. The van der Waals surface area contributed by atoms with Crippen LogP contribution in [-0.4, -0.2) is 7.11 Å². The summed E-state index contributed by atoms with van der Waals surface area (Å²) in [6.07, 6.45) is 3.92. The summed E-state index contributed by atoms with van der Waals surface area (Å²) in [5, 5.41) is 0. The number of benzene rings is 2. The van der Waals surface area contributed by atoms with Crippen LogP contribution in [0.25, 0.3) is 0 Å². The van der Waals surface area contributed by atoms with Gasteiger partial charge in [-0.05, 0) is 47.6 Å². The normalized spacial score (nSPS) is 16.3. The molecule has 1 unspecified atom stereocenters. The Hall–Kier alpha value is -1.87. The van der Waals surface area contributed by atoms with Crippen LogP contribution in [0.15, 0.2) is 42.5 Å². The molecular formula is C18H20FNO. The zero-order valence-corrected chi connectivity index (χ0v) is 12.2. The van der Waals surface area contributed by atoms with E-state index in [0.717, 1.165) is 17.0 Å². The van der Waals surface area contributed by atoms with Crippen LogP contribution < -0.4 is 10.5 Å². The van der Waals surface area contributed by atoms with Crippen molar-refractivity contribution < 1.29 is 9.13 Å². The van der Waals surface area contributed by atoms with Crippen molar-refractivity contribution in [3.8, 4) is 5.75 Å². The van der Waals surface area contributed by atoms with E-state index >= 15 is 0 Å². The number of halogens is 1. The van der Waals surface area contributed by atoms with Crippen LogP contribution in [0.3, 0.4) is 0 Å². The Morgan fingerprint density at radius 3 is 2.33 bits per heavy atom. The maximum absolute atomic E-state index is 13.5. The molecule has 3 rings (SSSR count). The number of hydrogen-bond acceptors (Lipinski definition) is 2. The summed E-state index contributed by atoms with van der Waals surface area (Å²) in [4.78, 5) is 0. The molecule has 1 aliphatic rings. The summed E-state index contributed by atoms with van der Waals surface area (Å²) < 4.78 is 18.5. The molecule has 2 nitrogen and oxygen atoms in total. The SMILES string of the molecule is COc1cc(C(N)c2ccc(C3CCC3)cc2)ccc1F. The molecule has 1 fully saturated rings. The molecule has 0 bridgehead atoms. The van der Waals surface area contributed by atoms with E-state index in [1.54, 1.807) is 12.1 Å². The van der Waals surface area contributed by atoms with E-state index in [1.807, 2.05) is 0 Å². The Morgan fingerprint density at radius 2 is 1.76 bits per heavy atom. The topological polar surface area (TPSA) is 35.2 Å². The number of nitrogens with two attached hydrogens (primary N) is 1. The minimum Gasteiger partial charge on any atom is -0.494 e. The molecule has 0 aromatic heterocycles. The third-order valence-electron chi connectivity index (χ3n) is 4.41. The number of hydrogen-bond donors (Lipinski definition) is 1. The summed E-state index contributed by atoms with van der Waals surface area (Å²) in [7, 11) is 1.46. The van der Waals surface area contributed by atoms with E-state index in [2.05, 4.69) is 24.3 Å². The molecule has 0 spiro atoms. The van der Waals surface area contributed by atoms with E-state index in [4.69, 9.17) is 10.5 Å². The number of rotatable bonds is 4. The fourth-order valence-corrected chi connectivity index (χ4v) is 2.78. The van der Waals surface area contributed by atoms with Crippen molar-refractivity contribution in [3.63, 3.8) is 0 Å². The first-order chi connectivity index (χ1) is 10.2. The molecular weight excluding hydrogens is 265 g/mol. The predicted octanol–water partition coefficient (Wildman–Crippen LogP) is 4.15. The zero-order valence-electron chi connectivity index (χ0n) is 12.2. The predicted molar refractivity (Wildman–Crippen MR) is 82.0 cm³/mol. The largest absolute Gasteiger partial charge is 0.494 e. The van der Waals surface area contributed by atoms with E-state index in [0.29, 0.717) is 0 Å². The molecule has 0 radical (unpaired) electrons. The van der Waals surface area contributed by atoms with Crippen LogP contribution >= 0.6 is 0 Å². The van der Waals surface area contributed by atoms with Crippen molar-refractivity contribution in [3.05, 3.63) is 65.0 Å². The average molecular weight is 285 g/mol. The third-order valence-corrected chi connectivity index (χ3v) is 4.41. The fourth-order valence-electron chi connectivity index (χ4n) is 2.78. The Balaban J connectivity index is 1.82. The standard InChI is InChI=1S/C18H20FNO/c1-21-17-11-15(9-10-16(17)19)18(20)14-7-5-13(6-8-14)12-3-2-4-12/h5-12,18H,2-4,20H2,1H3. The molecule has 1 atom stereocenters. The lowest BCUT2D eigenvalue weighted by molar-refractivity contribution is 0.385. The second-order valence-electron chi connectivity index (χ2n) is 5.67. The lowest BCUT2D eigenvalue weighted by Gasteiger charge is -2.26. The molecule has 21 heavy (non-hydrogen) atoms. The second kappa shape index (κ2) is 5.86. The molecule has 2 aromatic rings. The highest BCUT2D eigenvalue weighted by atomic mass is 19.1. The van der Waals surface area contributed by atoms with Gasteiger partial charge in [0.1, 0.15) is 0 Å². The van der Waals surface area contributed by atoms with Crippen molar-refractivity contribution in [2.45, 2.75) is 31.2 Å². The van der Waals surface area contributed by atoms with Crippen molar-refractivity contribution in [1.82, 2.24) is 0 Å². The third kappa shape index (κ3) is 2.79. The van der Waals surface area contributed by atoms with Gasteiger partial charge in [0.05, 0.1) is 13.2 Å². The van der Waals surface area contributed by atoms with Gasteiger partial charge < -0.3 is 10.5 Å². The first-order valence-corrected chi connectivity index (χ1v) is 7.38. The first kappa shape index (κ1) is 14.1. The fraction of sp³-hybridized carbons (Fsp3) is 0.333. The summed E-state index contributed by atoms with van der Waals surface area (Å²) in [5.41, 5.74) is 9.57. The van der Waals surface area contributed by atoms with Crippen molar-refractivity contribution in [1.29, 1.82) is 0 Å². The van der Waals surface area contributed by atoms with Gasteiger partial charge in [0.15, 0.2) is 11.6 Å². The van der Waals surface area contributed by atoms with Gasteiger partial charge in [-0.1, -0.05) is 36.8 Å². The summed E-state index contributed by atoms with van der Waals surface area (Å²) in [6.45, 7) is 0. The molecule has 0 amide bonds. The Bertz CT molecular complexity index is 620. The highest BCUT2D eigenvalue weighted by molar-refractivity contribution is 5.38. The van der Waals surface area contributed by atoms with Gasteiger partial charge >= 0.3 is 0 Å². The molecule has 1 aliphatic carbocycles. The van der Waals surface area contributed by atoms with Crippen molar-refractivity contribution >= 4 is 0 Å². The quantitative estimate of drug-likeness (QED) is 0.916. The minimum atomic E-state index is -0.367. The van der Waals surface area contributed by atoms with Crippen LogP contribution in [0.4, 0.5) is 4.39 Å². The van der Waals surface area contributed by atoms with E-state index < -0.39 is 0 Å². The molecule has 110 valence electrons.